The zero-order chi connectivity index (χ0) is 17.4. The minimum absolute atomic E-state index is 0.0160. The molecule has 0 atom stereocenters. The van der Waals surface area contributed by atoms with E-state index in [1.807, 2.05) is 28.0 Å². The number of piperidine rings is 1. The third kappa shape index (κ3) is 3.09. The number of carbonyl (C=O) groups is 1. The van der Waals surface area contributed by atoms with Crippen LogP contribution in [0.3, 0.4) is 0 Å². The van der Waals surface area contributed by atoms with Gasteiger partial charge in [0.05, 0.1) is 5.02 Å². The van der Waals surface area contributed by atoms with Crippen LogP contribution in [0, 0.1) is 11.7 Å². The van der Waals surface area contributed by atoms with E-state index in [4.69, 9.17) is 11.6 Å². The number of carbonyl (C=O) groups excluding carboxylic acids is 1. The first kappa shape index (κ1) is 16.3. The molecule has 4 rings (SSSR count). The number of amides is 1. The van der Waals surface area contributed by atoms with Crippen molar-refractivity contribution in [2.24, 2.45) is 5.92 Å². The summed E-state index contributed by atoms with van der Waals surface area (Å²) >= 11 is 5.76. The van der Waals surface area contributed by atoms with E-state index in [0.29, 0.717) is 36.8 Å². The topological polar surface area (TPSA) is 36.4 Å². The van der Waals surface area contributed by atoms with Crippen LogP contribution in [0.2, 0.25) is 5.02 Å². The van der Waals surface area contributed by atoms with E-state index in [9.17, 15) is 9.18 Å². The number of fused-ring (bicyclic) bond motifs is 1. The zero-order valence-electron chi connectivity index (χ0n) is 13.8. The van der Waals surface area contributed by atoms with E-state index in [1.54, 1.807) is 0 Å². The van der Waals surface area contributed by atoms with E-state index in [1.165, 1.54) is 17.8 Å². The minimum Gasteiger partial charge on any atom is -0.354 e. The monoisotopic (exact) mass is 359 g/mol. The van der Waals surface area contributed by atoms with Crippen molar-refractivity contribution in [3.8, 4) is 0 Å². The summed E-state index contributed by atoms with van der Waals surface area (Å²) in [7, 11) is 0. The Balaban J connectivity index is 1.43. The number of rotatable bonds is 2. The van der Waals surface area contributed by atoms with Gasteiger partial charge in [0.15, 0.2) is 11.6 Å². The van der Waals surface area contributed by atoms with Crippen LogP contribution in [0.25, 0.3) is 0 Å². The second-order valence-corrected chi connectivity index (χ2v) is 7.03. The van der Waals surface area contributed by atoms with Crippen molar-refractivity contribution in [1.82, 2.24) is 4.98 Å². The number of halogens is 2. The summed E-state index contributed by atoms with van der Waals surface area (Å²) in [6, 6.07) is 9.37. The molecule has 0 bridgehead atoms. The maximum atomic E-state index is 14.0. The number of hydrogen-bond donors (Lipinski definition) is 0. The summed E-state index contributed by atoms with van der Waals surface area (Å²) in [6.45, 7) is 2.00. The number of nitrogens with zero attached hydrogens (tertiary/aromatic N) is 3. The van der Waals surface area contributed by atoms with Crippen molar-refractivity contribution in [2.75, 3.05) is 29.4 Å². The molecule has 6 heteroatoms. The first-order chi connectivity index (χ1) is 12.1. The Morgan fingerprint density at radius 3 is 2.72 bits per heavy atom. The van der Waals surface area contributed by atoms with Crippen LogP contribution < -0.4 is 9.80 Å². The fourth-order valence-electron chi connectivity index (χ4n) is 3.77. The maximum Gasteiger partial charge on any atom is 0.230 e. The van der Waals surface area contributed by atoms with Gasteiger partial charge in [-0.25, -0.2) is 9.37 Å². The number of anilines is 2. The lowest BCUT2D eigenvalue weighted by Gasteiger charge is -2.34. The minimum atomic E-state index is -0.411. The van der Waals surface area contributed by atoms with Gasteiger partial charge in [-0.2, -0.15) is 0 Å². The molecule has 0 spiro atoms. The molecule has 2 aliphatic heterocycles. The lowest BCUT2D eigenvalue weighted by molar-refractivity contribution is -0.122. The third-order valence-corrected chi connectivity index (χ3v) is 5.29. The molecule has 25 heavy (non-hydrogen) atoms. The number of benzene rings is 1. The highest BCUT2D eigenvalue weighted by Gasteiger charge is 2.33. The van der Waals surface area contributed by atoms with Gasteiger partial charge in [0, 0.05) is 37.4 Å². The molecule has 1 fully saturated rings. The van der Waals surface area contributed by atoms with Crippen molar-refractivity contribution in [3.05, 3.63) is 52.9 Å². The first-order valence-corrected chi connectivity index (χ1v) is 8.96. The molecular formula is C19H19ClFN3O. The van der Waals surface area contributed by atoms with E-state index in [0.717, 1.165) is 18.7 Å². The van der Waals surface area contributed by atoms with Gasteiger partial charge >= 0.3 is 0 Å². The summed E-state index contributed by atoms with van der Waals surface area (Å²) in [4.78, 5) is 20.8. The van der Waals surface area contributed by atoms with Crippen LogP contribution in [0.15, 0.2) is 36.5 Å². The summed E-state index contributed by atoms with van der Waals surface area (Å²) in [5.74, 6) is 0.0828. The van der Waals surface area contributed by atoms with Gasteiger partial charge < -0.3 is 9.80 Å². The Morgan fingerprint density at radius 1 is 1.20 bits per heavy atom. The lowest BCUT2D eigenvalue weighted by Crippen LogP contribution is -2.42. The number of pyridine rings is 1. The van der Waals surface area contributed by atoms with Gasteiger partial charge in [-0.3, -0.25) is 4.79 Å². The number of hydrogen-bond acceptors (Lipinski definition) is 3. The smallest absolute Gasteiger partial charge is 0.230 e. The van der Waals surface area contributed by atoms with Crippen molar-refractivity contribution in [1.29, 1.82) is 0 Å². The Morgan fingerprint density at radius 2 is 1.96 bits per heavy atom. The molecule has 4 nitrogen and oxygen atoms in total. The average Bonchev–Trinajstić information content (AvgIpc) is 3.05. The standard InChI is InChI=1S/C19H19ClFN3O/c20-15-11-16(21)18(22-12-15)23-8-5-14(6-9-23)19(25)24-10-7-13-3-1-2-4-17(13)24/h1-4,11-12,14H,5-10H2. The predicted octanol–water partition coefficient (Wildman–Crippen LogP) is 3.68. The van der Waals surface area contributed by atoms with E-state index >= 15 is 0 Å². The Kier molecular flexibility index (Phi) is 4.34. The van der Waals surface area contributed by atoms with Crippen molar-refractivity contribution >= 4 is 29.0 Å². The van der Waals surface area contributed by atoms with E-state index < -0.39 is 5.82 Å². The lowest BCUT2D eigenvalue weighted by atomic mass is 9.95. The van der Waals surface area contributed by atoms with Gasteiger partial charge in [0.25, 0.3) is 0 Å². The summed E-state index contributed by atoms with van der Waals surface area (Å²) in [6.07, 6.45) is 3.79. The summed E-state index contributed by atoms with van der Waals surface area (Å²) in [5.41, 5.74) is 2.28. The Bertz CT molecular complexity index is 805. The van der Waals surface area contributed by atoms with Crippen molar-refractivity contribution < 1.29 is 9.18 Å². The van der Waals surface area contributed by atoms with Crippen LogP contribution in [0.5, 0.6) is 0 Å². The highest BCUT2D eigenvalue weighted by molar-refractivity contribution is 6.30. The maximum absolute atomic E-state index is 14.0. The molecule has 1 aromatic carbocycles. The fraction of sp³-hybridized carbons (Fsp3) is 0.368. The zero-order valence-corrected chi connectivity index (χ0v) is 14.5. The third-order valence-electron chi connectivity index (χ3n) is 5.09. The molecule has 3 heterocycles. The highest BCUT2D eigenvalue weighted by atomic mass is 35.5. The first-order valence-electron chi connectivity index (χ1n) is 8.59. The second kappa shape index (κ2) is 6.64. The number of para-hydroxylation sites is 1. The number of aromatic nitrogens is 1. The second-order valence-electron chi connectivity index (χ2n) is 6.59. The molecule has 130 valence electrons. The van der Waals surface area contributed by atoms with Gasteiger partial charge in [0.2, 0.25) is 5.91 Å². The SMILES string of the molecule is O=C(C1CCN(c2ncc(Cl)cc2F)CC1)N1CCc2ccccc21. The van der Waals surface area contributed by atoms with Crippen LogP contribution in [-0.2, 0) is 11.2 Å². The van der Waals surface area contributed by atoms with Crippen LogP contribution in [0.1, 0.15) is 18.4 Å². The molecule has 1 aromatic heterocycles. The molecule has 0 radical (unpaired) electrons. The molecule has 0 aliphatic carbocycles. The predicted molar refractivity (Wildman–Crippen MR) is 96.6 cm³/mol. The van der Waals surface area contributed by atoms with E-state index in [-0.39, 0.29) is 11.8 Å². The summed E-state index contributed by atoms with van der Waals surface area (Å²) in [5, 5.41) is 0.291. The largest absolute Gasteiger partial charge is 0.354 e. The molecule has 0 N–H and O–H groups in total. The normalized spacial score (nSPS) is 17.7. The van der Waals surface area contributed by atoms with Crippen LogP contribution >= 0.6 is 11.6 Å². The molecular weight excluding hydrogens is 341 g/mol. The van der Waals surface area contributed by atoms with Gasteiger partial charge in [0.1, 0.15) is 0 Å². The summed E-state index contributed by atoms with van der Waals surface area (Å²) < 4.78 is 14.0. The highest BCUT2D eigenvalue weighted by Crippen LogP contribution is 2.32. The average molecular weight is 360 g/mol. The van der Waals surface area contributed by atoms with Gasteiger partial charge in [-0.05, 0) is 37.0 Å². The molecule has 0 unspecified atom stereocenters. The van der Waals surface area contributed by atoms with Crippen LogP contribution in [-0.4, -0.2) is 30.5 Å². The molecule has 1 saturated heterocycles. The van der Waals surface area contributed by atoms with Crippen molar-refractivity contribution in [2.45, 2.75) is 19.3 Å². The fourth-order valence-corrected chi connectivity index (χ4v) is 3.91. The quantitative estimate of drug-likeness (QED) is 0.820. The van der Waals surface area contributed by atoms with Crippen molar-refractivity contribution in [3.63, 3.8) is 0 Å². The van der Waals surface area contributed by atoms with Crippen LogP contribution in [0.4, 0.5) is 15.9 Å². The molecule has 2 aromatic rings. The molecule has 1 amide bonds. The van der Waals surface area contributed by atoms with Gasteiger partial charge in [-0.1, -0.05) is 29.8 Å². The molecule has 2 aliphatic rings. The van der Waals surface area contributed by atoms with Gasteiger partial charge in [-0.15, -0.1) is 0 Å². The Labute approximate surface area is 151 Å². The molecule has 0 saturated carbocycles. The Hall–Kier alpha value is -2.14. The van der Waals surface area contributed by atoms with E-state index in [2.05, 4.69) is 11.1 Å².